The lowest BCUT2D eigenvalue weighted by molar-refractivity contribution is -0.133. The van der Waals surface area contributed by atoms with Gasteiger partial charge >= 0.3 is 0 Å². The normalized spacial score (nSPS) is 15.4. The largest absolute Gasteiger partial charge is 0.454 e. The first kappa shape index (κ1) is 24.1. The Morgan fingerprint density at radius 1 is 1.28 bits per heavy atom. The summed E-state index contributed by atoms with van der Waals surface area (Å²) >= 11 is 1.37. The lowest BCUT2D eigenvalue weighted by atomic mass is 9.93. The number of aryl methyl sites for hydroxylation is 1. The van der Waals surface area contributed by atoms with E-state index in [4.69, 9.17) is 24.9 Å². The third kappa shape index (κ3) is 4.89. The van der Waals surface area contributed by atoms with Crippen molar-refractivity contribution < 1.29 is 19.0 Å². The van der Waals surface area contributed by atoms with Crippen LogP contribution in [0.4, 0.5) is 5.82 Å². The van der Waals surface area contributed by atoms with E-state index in [1.165, 1.54) is 18.1 Å². The lowest BCUT2D eigenvalue weighted by Gasteiger charge is -2.32. The maximum atomic E-state index is 12.3. The van der Waals surface area contributed by atoms with Crippen LogP contribution < -0.4 is 15.2 Å². The zero-order valence-electron chi connectivity index (χ0n) is 20.0. The number of hydrogen-bond acceptors (Lipinski definition) is 10. The maximum absolute atomic E-state index is 12.3. The number of amides is 1. The van der Waals surface area contributed by atoms with Crippen LogP contribution >= 0.6 is 11.8 Å². The van der Waals surface area contributed by atoms with Gasteiger partial charge in [-0.05, 0) is 31.2 Å². The number of carbonyl (C=O) groups is 1. The number of nitriles is 1. The number of fused-ring (bicyclic) bond motifs is 2. The summed E-state index contributed by atoms with van der Waals surface area (Å²) in [6.07, 6.45) is 4.68. The summed E-state index contributed by atoms with van der Waals surface area (Å²) < 4.78 is 18.0. The Hall–Kier alpha value is -3.56. The molecule has 0 bridgehead atoms. The topological polar surface area (TPSA) is 141 Å². The van der Waals surface area contributed by atoms with Crippen molar-refractivity contribution in [2.75, 3.05) is 39.3 Å². The van der Waals surface area contributed by atoms with E-state index in [0.29, 0.717) is 69.6 Å². The zero-order valence-corrected chi connectivity index (χ0v) is 20.8. The molecule has 0 saturated carbocycles. The average molecular weight is 510 g/mol. The number of rotatable bonds is 8. The molecule has 0 unspecified atom stereocenters. The molecule has 5 rings (SSSR count). The van der Waals surface area contributed by atoms with Gasteiger partial charge < -0.3 is 29.4 Å². The summed E-state index contributed by atoms with van der Waals surface area (Å²) in [5, 5.41) is 10.4. The van der Waals surface area contributed by atoms with Crippen LogP contribution in [0.1, 0.15) is 31.2 Å². The van der Waals surface area contributed by atoms with Crippen molar-refractivity contribution in [1.82, 2.24) is 24.4 Å². The fourth-order valence-corrected chi connectivity index (χ4v) is 5.54. The van der Waals surface area contributed by atoms with Crippen molar-refractivity contribution >= 4 is 34.7 Å². The Balaban J connectivity index is 1.34. The van der Waals surface area contributed by atoms with E-state index >= 15 is 0 Å². The Kier molecular flexibility index (Phi) is 7.11. The van der Waals surface area contributed by atoms with Gasteiger partial charge in [0.1, 0.15) is 12.4 Å². The second kappa shape index (κ2) is 10.6. The van der Waals surface area contributed by atoms with Crippen LogP contribution in [0.5, 0.6) is 11.5 Å². The molecule has 3 aromatic rings. The van der Waals surface area contributed by atoms with Gasteiger partial charge in [0, 0.05) is 37.7 Å². The summed E-state index contributed by atoms with van der Waals surface area (Å²) in [5.74, 6) is 2.11. The quantitative estimate of drug-likeness (QED) is 0.482. The minimum absolute atomic E-state index is 0.135. The van der Waals surface area contributed by atoms with Gasteiger partial charge in [-0.15, -0.1) is 0 Å². The average Bonchev–Trinajstić information content (AvgIpc) is 3.50. The molecule has 188 valence electrons. The number of piperidine rings is 1. The van der Waals surface area contributed by atoms with E-state index in [1.807, 2.05) is 9.47 Å². The minimum Gasteiger partial charge on any atom is -0.454 e. The highest BCUT2D eigenvalue weighted by molar-refractivity contribution is 7.99. The van der Waals surface area contributed by atoms with Crippen molar-refractivity contribution in [3.05, 3.63) is 24.0 Å². The maximum Gasteiger partial charge on any atom is 0.231 e. The second-order valence-corrected chi connectivity index (χ2v) is 9.76. The van der Waals surface area contributed by atoms with E-state index in [9.17, 15) is 10.1 Å². The number of methoxy groups -OCH3 is 1. The van der Waals surface area contributed by atoms with Crippen LogP contribution in [0, 0.1) is 17.2 Å². The van der Waals surface area contributed by atoms with Crippen LogP contribution in [0.25, 0.3) is 11.2 Å². The van der Waals surface area contributed by atoms with Crippen molar-refractivity contribution in [2.45, 2.75) is 42.3 Å². The molecule has 0 radical (unpaired) electrons. The molecule has 1 saturated heterocycles. The van der Waals surface area contributed by atoms with Crippen molar-refractivity contribution in [3.63, 3.8) is 0 Å². The molecule has 12 heteroatoms. The zero-order chi connectivity index (χ0) is 25.1. The van der Waals surface area contributed by atoms with Gasteiger partial charge in [0.15, 0.2) is 33.6 Å². The van der Waals surface area contributed by atoms with Gasteiger partial charge in [-0.25, -0.2) is 15.0 Å². The highest BCUT2D eigenvalue weighted by atomic mass is 32.2. The van der Waals surface area contributed by atoms with Gasteiger partial charge in [-0.2, -0.15) is 5.26 Å². The number of nitrogen functional groups attached to an aromatic ring is 1. The van der Waals surface area contributed by atoms with Gasteiger partial charge in [0.2, 0.25) is 12.7 Å². The molecule has 1 amide bonds. The lowest BCUT2D eigenvalue weighted by Crippen LogP contribution is -2.39. The third-order valence-electron chi connectivity index (χ3n) is 6.57. The van der Waals surface area contributed by atoms with E-state index in [-0.39, 0.29) is 12.7 Å². The Bertz CT molecular complexity index is 1310. The molecule has 0 aliphatic carbocycles. The van der Waals surface area contributed by atoms with Gasteiger partial charge in [0.05, 0.1) is 18.6 Å². The number of aromatic nitrogens is 4. The van der Waals surface area contributed by atoms with Crippen molar-refractivity contribution in [1.29, 1.82) is 5.26 Å². The number of likely N-dealkylation sites (tertiary alicyclic amines) is 1. The molecular weight excluding hydrogens is 482 g/mol. The first-order valence-electron chi connectivity index (χ1n) is 11.8. The first-order chi connectivity index (χ1) is 17.6. The van der Waals surface area contributed by atoms with Crippen LogP contribution in [-0.4, -0.2) is 63.9 Å². The summed E-state index contributed by atoms with van der Waals surface area (Å²) in [6.45, 7) is 2.79. The molecule has 2 aromatic heterocycles. The van der Waals surface area contributed by atoms with Crippen molar-refractivity contribution in [2.24, 2.45) is 5.92 Å². The van der Waals surface area contributed by atoms with E-state index < -0.39 is 0 Å². The highest BCUT2D eigenvalue weighted by Gasteiger charge is 2.25. The van der Waals surface area contributed by atoms with Gasteiger partial charge in [-0.3, -0.25) is 4.79 Å². The Labute approximate surface area is 212 Å². The molecule has 36 heavy (non-hydrogen) atoms. The molecule has 4 heterocycles. The van der Waals surface area contributed by atoms with Gasteiger partial charge in [0.25, 0.3) is 0 Å². The standard InChI is InChI=1S/C24H27N7O4S/c1-33-9-5-20(32)30-6-2-15(3-7-30)4-8-31-23-21(22(26)27-13-28-23)29-24(31)36-19-11-18-17(34-14-35-18)10-16(19)12-25/h10-11,13,15H,2-9,14H2,1H3,(H2,26,27,28). The molecule has 2 aliphatic heterocycles. The smallest absolute Gasteiger partial charge is 0.231 e. The predicted octanol–water partition coefficient (Wildman–Crippen LogP) is 2.83. The van der Waals surface area contributed by atoms with Crippen LogP contribution in [0.2, 0.25) is 0 Å². The third-order valence-corrected chi connectivity index (χ3v) is 7.62. The number of hydrogen-bond donors (Lipinski definition) is 1. The number of nitrogens with two attached hydrogens (primary N) is 1. The minimum atomic E-state index is 0.135. The summed E-state index contributed by atoms with van der Waals surface area (Å²) in [7, 11) is 1.61. The Morgan fingerprint density at radius 3 is 2.81 bits per heavy atom. The summed E-state index contributed by atoms with van der Waals surface area (Å²) in [5.41, 5.74) is 7.79. The summed E-state index contributed by atoms with van der Waals surface area (Å²) in [6, 6.07) is 5.73. The number of benzene rings is 1. The van der Waals surface area contributed by atoms with E-state index in [1.54, 1.807) is 19.2 Å². The van der Waals surface area contributed by atoms with Crippen LogP contribution in [-0.2, 0) is 16.1 Å². The molecule has 1 fully saturated rings. The number of carbonyl (C=O) groups excluding carboxylic acids is 1. The predicted molar refractivity (Wildman–Crippen MR) is 132 cm³/mol. The monoisotopic (exact) mass is 509 g/mol. The molecule has 2 N–H and O–H groups in total. The molecule has 1 aromatic carbocycles. The molecule has 0 spiro atoms. The second-order valence-electron chi connectivity index (χ2n) is 8.75. The molecule has 2 aliphatic rings. The fourth-order valence-electron chi connectivity index (χ4n) is 4.54. The number of imidazole rings is 1. The fraction of sp³-hybridized carbons (Fsp3) is 0.458. The van der Waals surface area contributed by atoms with E-state index in [0.717, 1.165) is 32.4 Å². The Morgan fingerprint density at radius 2 is 2.06 bits per heavy atom. The van der Waals surface area contributed by atoms with Crippen molar-refractivity contribution in [3.8, 4) is 17.6 Å². The van der Waals surface area contributed by atoms with E-state index in [2.05, 4.69) is 16.0 Å². The SMILES string of the molecule is COCCC(=O)N1CCC(CCn2c(Sc3cc4c(cc3C#N)OCO4)nc3c(N)ncnc32)CC1. The van der Waals surface area contributed by atoms with Gasteiger partial charge in [-0.1, -0.05) is 11.8 Å². The molecular formula is C24H27N7O4S. The summed E-state index contributed by atoms with van der Waals surface area (Å²) in [4.78, 5) is 28.2. The highest BCUT2D eigenvalue weighted by Crippen LogP contribution is 2.41. The number of ether oxygens (including phenoxy) is 3. The number of anilines is 1. The molecule has 11 nitrogen and oxygen atoms in total. The number of nitrogens with zero attached hydrogens (tertiary/aromatic N) is 6. The molecule has 0 atom stereocenters. The van der Waals surface area contributed by atoms with Crippen LogP contribution in [0.15, 0.2) is 28.5 Å². The first-order valence-corrected chi connectivity index (χ1v) is 12.6. The van der Waals surface area contributed by atoms with Crippen LogP contribution in [0.3, 0.4) is 0 Å².